The lowest BCUT2D eigenvalue weighted by Gasteiger charge is -2.16. The van der Waals surface area contributed by atoms with Crippen LogP contribution in [0.15, 0.2) is 30.6 Å². The monoisotopic (exact) mass is 289 g/mol. The van der Waals surface area contributed by atoms with Crippen molar-refractivity contribution in [2.24, 2.45) is 0 Å². The molecule has 1 aromatic heterocycles. The number of aromatic nitrogens is 2. The van der Waals surface area contributed by atoms with E-state index in [4.69, 9.17) is 0 Å². The number of nitrogens with zero attached hydrogens (tertiary/aromatic N) is 3. The topological polar surface area (TPSA) is 104 Å². The van der Waals surface area contributed by atoms with E-state index in [1.165, 1.54) is 23.1 Å². The summed E-state index contributed by atoms with van der Waals surface area (Å²) in [5.41, 5.74) is 1.51. The lowest BCUT2D eigenvalue weighted by Crippen LogP contribution is -2.26. The van der Waals surface area contributed by atoms with Crippen LogP contribution in [0.2, 0.25) is 0 Å². The van der Waals surface area contributed by atoms with E-state index in [1.54, 1.807) is 26.5 Å². The summed E-state index contributed by atoms with van der Waals surface area (Å²) in [7, 11) is 3.24. The smallest absolute Gasteiger partial charge is 0.292 e. The summed E-state index contributed by atoms with van der Waals surface area (Å²) in [4.78, 5) is 24.2. The Hall–Kier alpha value is -2.90. The molecule has 110 valence electrons. The predicted octanol–water partition coefficient (Wildman–Crippen LogP) is 1.63. The third-order valence-corrected chi connectivity index (χ3v) is 3.03. The molecular weight excluding hydrogens is 274 g/mol. The van der Waals surface area contributed by atoms with E-state index in [0.29, 0.717) is 17.8 Å². The van der Waals surface area contributed by atoms with Crippen LogP contribution in [0, 0.1) is 10.1 Å². The number of amides is 1. The van der Waals surface area contributed by atoms with Crippen LogP contribution in [-0.2, 0) is 6.54 Å². The van der Waals surface area contributed by atoms with Crippen LogP contribution in [-0.4, -0.2) is 40.0 Å². The number of hydrogen-bond acceptors (Lipinski definition) is 5. The summed E-state index contributed by atoms with van der Waals surface area (Å²) in [5.74, 6) is -0.220. The standard InChI is InChI=1S/C13H15N5O3/c1-14-11-5-10(3-4-12(11)18(20)21)13(19)17(2)8-9-6-15-16-7-9/h3-7,14H,8H2,1-2H3,(H,15,16). The minimum Gasteiger partial charge on any atom is -0.383 e. The van der Waals surface area contributed by atoms with Crippen molar-refractivity contribution >= 4 is 17.3 Å². The van der Waals surface area contributed by atoms with Gasteiger partial charge in [-0.15, -0.1) is 0 Å². The Morgan fingerprint density at radius 2 is 2.29 bits per heavy atom. The number of anilines is 1. The number of aromatic amines is 1. The molecule has 0 unspecified atom stereocenters. The van der Waals surface area contributed by atoms with Crippen molar-refractivity contribution in [2.75, 3.05) is 19.4 Å². The number of carbonyl (C=O) groups is 1. The summed E-state index contributed by atoms with van der Waals surface area (Å²) >= 11 is 0. The molecule has 21 heavy (non-hydrogen) atoms. The first kappa shape index (κ1) is 14.5. The minimum atomic E-state index is -0.491. The zero-order valence-electron chi connectivity index (χ0n) is 11.7. The van der Waals surface area contributed by atoms with Gasteiger partial charge in [0.2, 0.25) is 0 Å². The second-order valence-electron chi connectivity index (χ2n) is 4.51. The largest absolute Gasteiger partial charge is 0.383 e. The molecule has 1 aromatic carbocycles. The summed E-state index contributed by atoms with van der Waals surface area (Å²) in [6, 6.07) is 4.25. The van der Waals surface area contributed by atoms with E-state index < -0.39 is 4.92 Å². The highest BCUT2D eigenvalue weighted by Gasteiger charge is 2.18. The Labute approximate surface area is 120 Å². The molecule has 8 nitrogen and oxygen atoms in total. The van der Waals surface area contributed by atoms with Gasteiger partial charge < -0.3 is 10.2 Å². The first-order valence-electron chi connectivity index (χ1n) is 6.22. The maximum absolute atomic E-state index is 12.3. The lowest BCUT2D eigenvalue weighted by molar-refractivity contribution is -0.383. The highest BCUT2D eigenvalue weighted by Crippen LogP contribution is 2.25. The number of nitro benzene ring substituents is 1. The molecule has 0 spiro atoms. The van der Waals surface area contributed by atoms with Crippen molar-refractivity contribution in [3.8, 4) is 0 Å². The maximum Gasteiger partial charge on any atom is 0.292 e. The molecule has 1 heterocycles. The van der Waals surface area contributed by atoms with E-state index in [2.05, 4.69) is 15.5 Å². The van der Waals surface area contributed by atoms with Crippen LogP contribution < -0.4 is 5.32 Å². The Kier molecular flexibility index (Phi) is 4.17. The van der Waals surface area contributed by atoms with Gasteiger partial charge in [0.25, 0.3) is 11.6 Å². The second-order valence-corrected chi connectivity index (χ2v) is 4.51. The van der Waals surface area contributed by atoms with Crippen LogP contribution in [0.1, 0.15) is 15.9 Å². The summed E-state index contributed by atoms with van der Waals surface area (Å²) in [6.45, 7) is 0.404. The van der Waals surface area contributed by atoms with Crippen molar-refractivity contribution < 1.29 is 9.72 Å². The molecule has 0 aliphatic heterocycles. The first-order chi connectivity index (χ1) is 10.0. The Bertz CT molecular complexity index is 654. The molecule has 0 aliphatic carbocycles. The fourth-order valence-electron chi connectivity index (χ4n) is 1.96. The van der Waals surface area contributed by atoms with Gasteiger partial charge >= 0.3 is 0 Å². The molecule has 0 atom stereocenters. The minimum absolute atomic E-state index is 0.0634. The van der Waals surface area contributed by atoms with Gasteiger partial charge in [-0.25, -0.2) is 0 Å². The fourth-order valence-corrected chi connectivity index (χ4v) is 1.96. The van der Waals surface area contributed by atoms with E-state index >= 15 is 0 Å². The van der Waals surface area contributed by atoms with Crippen LogP contribution >= 0.6 is 0 Å². The molecular formula is C13H15N5O3. The number of rotatable bonds is 5. The quantitative estimate of drug-likeness (QED) is 0.643. The molecule has 8 heteroatoms. The number of hydrogen-bond donors (Lipinski definition) is 2. The van der Waals surface area contributed by atoms with Gasteiger partial charge in [-0.1, -0.05) is 0 Å². The highest BCUT2D eigenvalue weighted by atomic mass is 16.6. The van der Waals surface area contributed by atoms with Crippen molar-refractivity contribution in [1.82, 2.24) is 15.1 Å². The molecule has 1 amide bonds. The normalized spacial score (nSPS) is 10.2. The van der Waals surface area contributed by atoms with Crippen molar-refractivity contribution in [3.05, 3.63) is 51.8 Å². The summed E-state index contributed by atoms with van der Waals surface area (Å²) in [5, 5.41) is 20.1. The second kappa shape index (κ2) is 6.04. The van der Waals surface area contributed by atoms with Gasteiger partial charge in [0.15, 0.2) is 0 Å². The van der Waals surface area contributed by atoms with E-state index in [-0.39, 0.29) is 11.6 Å². The molecule has 2 rings (SSSR count). The number of benzene rings is 1. The Morgan fingerprint density at radius 3 is 2.86 bits per heavy atom. The average molecular weight is 289 g/mol. The van der Waals surface area contributed by atoms with E-state index in [0.717, 1.165) is 5.56 Å². The molecule has 2 aromatic rings. The molecule has 0 aliphatic rings. The molecule has 0 radical (unpaired) electrons. The summed E-state index contributed by atoms with van der Waals surface area (Å²) in [6.07, 6.45) is 3.34. The van der Waals surface area contributed by atoms with Gasteiger partial charge in [-0.3, -0.25) is 20.0 Å². The Morgan fingerprint density at radius 1 is 1.52 bits per heavy atom. The molecule has 0 bridgehead atoms. The SMILES string of the molecule is CNc1cc(C(=O)N(C)Cc2cn[nH]c2)ccc1[N+](=O)[O-]. The van der Waals surface area contributed by atoms with Crippen LogP contribution in [0.5, 0.6) is 0 Å². The van der Waals surface area contributed by atoms with Gasteiger partial charge in [0.1, 0.15) is 5.69 Å². The van der Waals surface area contributed by atoms with Crippen molar-refractivity contribution in [2.45, 2.75) is 6.54 Å². The van der Waals surface area contributed by atoms with E-state index in [1.807, 2.05) is 0 Å². The van der Waals surface area contributed by atoms with Gasteiger partial charge in [-0.05, 0) is 12.1 Å². The molecule has 0 fully saturated rings. The van der Waals surface area contributed by atoms with E-state index in [9.17, 15) is 14.9 Å². The maximum atomic E-state index is 12.3. The van der Waals surface area contributed by atoms with Crippen molar-refractivity contribution in [1.29, 1.82) is 0 Å². The van der Waals surface area contributed by atoms with Crippen LogP contribution in [0.4, 0.5) is 11.4 Å². The number of nitro groups is 1. The predicted molar refractivity (Wildman–Crippen MR) is 77.0 cm³/mol. The highest BCUT2D eigenvalue weighted by molar-refractivity contribution is 5.95. The lowest BCUT2D eigenvalue weighted by atomic mass is 10.1. The van der Waals surface area contributed by atoms with Crippen LogP contribution in [0.25, 0.3) is 0 Å². The third kappa shape index (κ3) is 3.16. The van der Waals surface area contributed by atoms with Gasteiger partial charge in [0.05, 0.1) is 11.1 Å². The molecule has 2 N–H and O–H groups in total. The zero-order chi connectivity index (χ0) is 15.4. The fraction of sp³-hybridized carbons (Fsp3) is 0.231. The number of H-pyrrole nitrogens is 1. The molecule has 0 saturated heterocycles. The first-order valence-corrected chi connectivity index (χ1v) is 6.22. The Balaban J connectivity index is 2.20. The number of carbonyl (C=O) groups excluding carboxylic acids is 1. The van der Waals surface area contributed by atoms with Crippen molar-refractivity contribution in [3.63, 3.8) is 0 Å². The summed E-state index contributed by atoms with van der Waals surface area (Å²) < 4.78 is 0. The van der Waals surface area contributed by atoms with Gasteiger partial charge in [0, 0.05) is 44.0 Å². The zero-order valence-corrected chi connectivity index (χ0v) is 11.7. The number of nitrogens with one attached hydrogen (secondary N) is 2. The van der Waals surface area contributed by atoms with Gasteiger partial charge in [-0.2, -0.15) is 5.10 Å². The van der Waals surface area contributed by atoms with Crippen LogP contribution in [0.3, 0.4) is 0 Å². The average Bonchev–Trinajstić information content (AvgIpc) is 2.98. The third-order valence-electron chi connectivity index (χ3n) is 3.03. The molecule has 0 saturated carbocycles.